The van der Waals surface area contributed by atoms with Crippen molar-refractivity contribution in [3.05, 3.63) is 62.5 Å². The van der Waals surface area contributed by atoms with Crippen LogP contribution in [0.1, 0.15) is 58.2 Å². The second kappa shape index (κ2) is 10.7. The maximum atomic E-state index is 12.8. The molecular weight excluding hydrogens is 426 g/mol. The molecule has 2 aromatic rings. The highest BCUT2D eigenvalue weighted by Gasteiger charge is 2.18. The minimum absolute atomic E-state index is 0.00573. The first-order valence-corrected chi connectivity index (χ1v) is 10.9. The first kappa shape index (κ1) is 24.8. The van der Waals surface area contributed by atoms with Gasteiger partial charge in [-0.15, -0.1) is 11.3 Å². The third-order valence-corrected chi connectivity index (χ3v) is 5.63. The highest BCUT2D eigenvalue weighted by Crippen LogP contribution is 2.18. The van der Waals surface area contributed by atoms with Crippen LogP contribution in [-0.2, 0) is 4.79 Å². The molecule has 0 fully saturated rings. The van der Waals surface area contributed by atoms with Crippen LogP contribution in [0.2, 0.25) is 0 Å². The van der Waals surface area contributed by atoms with Gasteiger partial charge in [-0.1, -0.05) is 6.07 Å². The van der Waals surface area contributed by atoms with E-state index in [-0.39, 0.29) is 28.9 Å². The van der Waals surface area contributed by atoms with Gasteiger partial charge in [0.15, 0.2) is 0 Å². The fourth-order valence-electron chi connectivity index (χ4n) is 2.80. The molecule has 0 aliphatic rings. The molecule has 0 aliphatic heterocycles. The predicted octanol–water partition coefficient (Wildman–Crippen LogP) is 3.48. The van der Waals surface area contributed by atoms with Crippen LogP contribution in [0.25, 0.3) is 0 Å². The number of aryl methyl sites for hydroxylation is 2. The minimum atomic E-state index is -0.485. The Bertz CT molecular complexity index is 1090. The Labute approximate surface area is 192 Å². The summed E-state index contributed by atoms with van der Waals surface area (Å²) < 4.78 is 0. The van der Waals surface area contributed by atoms with E-state index in [1.807, 2.05) is 45.9 Å². The number of nitrogens with one attached hydrogen (secondary N) is 3. The van der Waals surface area contributed by atoms with E-state index in [0.717, 1.165) is 22.5 Å². The Kier molecular flexibility index (Phi) is 8.31. The quantitative estimate of drug-likeness (QED) is 0.290. The molecule has 0 atom stereocenters. The molecule has 170 valence electrons. The molecule has 5 N–H and O–H groups in total. The van der Waals surface area contributed by atoms with Crippen molar-refractivity contribution in [3.63, 3.8) is 0 Å². The zero-order valence-corrected chi connectivity index (χ0v) is 19.9. The molecule has 32 heavy (non-hydrogen) atoms. The van der Waals surface area contributed by atoms with Gasteiger partial charge in [-0.05, 0) is 76.9 Å². The number of allylic oxidation sites excluding steroid dienone is 1. The number of hydrogen-bond donors (Lipinski definition) is 4. The second-order valence-electron chi connectivity index (χ2n) is 7.74. The summed E-state index contributed by atoms with van der Waals surface area (Å²) in [4.78, 5) is 38.0. The van der Waals surface area contributed by atoms with Crippen molar-refractivity contribution < 1.29 is 14.4 Å². The van der Waals surface area contributed by atoms with E-state index in [2.05, 4.69) is 21.2 Å². The average molecular weight is 456 g/mol. The second-order valence-corrected chi connectivity index (χ2v) is 8.83. The van der Waals surface area contributed by atoms with Gasteiger partial charge in [0.2, 0.25) is 0 Å². The van der Waals surface area contributed by atoms with Crippen molar-refractivity contribution in [2.24, 2.45) is 10.8 Å². The van der Waals surface area contributed by atoms with Crippen molar-refractivity contribution in [2.45, 2.75) is 47.6 Å². The Balaban J connectivity index is 2.11. The summed E-state index contributed by atoms with van der Waals surface area (Å²) in [7, 11) is 0. The number of anilines is 1. The molecule has 0 aliphatic carbocycles. The fourth-order valence-corrected chi connectivity index (χ4v) is 3.60. The molecule has 1 aromatic heterocycles. The number of rotatable bonds is 7. The van der Waals surface area contributed by atoms with Crippen LogP contribution in [-0.4, -0.2) is 29.5 Å². The molecule has 0 saturated carbocycles. The van der Waals surface area contributed by atoms with Crippen molar-refractivity contribution in [1.82, 2.24) is 10.7 Å². The highest BCUT2D eigenvalue weighted by atomic mass is 32.1. The molecule has 0 radical (unpaired) electrons. The summed E-state index contributed by atoms with van der Waals surface area (Å²) in [6.45, 7) is 10.8. The van der Waals surface area contributed by atoms with E-state index in [9.17, 15) is 14.4 Å². The lowest BCUT2D eigenvalue weighted by molar-refractivity contribution is -0.112. The zero-order chi connectivity index (χ0) is 24.0. The summed E-state index contributed by atoms with van der Waals surface area (Å²) in [5, 5.41) is 9.63. The molecule has 0 saturated heterocycles. The van der Waals surface area contributed by atoms with E-state index < -0.39 is 11.8 Å². The molecule has 0 spiro atoms. The van der Waals surface area contributed by atoms with E-state index in [1.54, 1.807) is 26.0 Å². The van der Waals surface area contributed by atoms with Crippen LogP contribution in [0.15, 0.2) is 46.7 Å². The lowest BCUT2D eigenvalue weighted by Gasteiger charge is -2.12. The molecule has 1 aromatic carbocycles. The summed E-state index contributed by atoms with van der Waals surface area (Å²) in [5.41, 5.74) is 11.8. The molecular formula is C23H29N5O3S. The van der Waals surface area contributed by atoms with Crippen molar-refractivity contribution in [2.75, 3.05) is 5.32 Å². The summed E-state index contributed by atoms with van der Waals surface area (Å²) in [6.07, 6.45) is 0. The van der Waals surface area contributed by atoms with Crippen LogP contribution in [0.3, 0.4) is 0 Å². The standard InChI is InChI=1S/C23H29N5O3S/c1-12(2)25-21(29)18-9-10-19(32-18)22(30)28-27-16(6)20(15(5)24)23(31)26-17-8-7-13(3)14(4)11-17/h7-12H,24H2,1-6H3,(H,25,29)(H,26,31)(H,28,30). The monoisotopic (exact) mass is 455 g/mol. The number of nitrogens with zero attached hydrogens (tertiary/aromatic N) is 1. The topological polar surface area (TPSA) is 126 Å². The fraction of sp³-hybridized carbons (Fsp3) is 0.304. The van der Waals surface area contributed by atoms with Crippen LogP contribution < -0.4 is 21.8 Å². The number of thiophene rings is 1. The third-order valence-electron chi connectivity index (χ3n) is 4.55. The molecule has 3 amide bonds. The molecule has 0 bridgehead atoms. The lowest BCUT2D eigenvalue weighted by Crippen LogP contribution is -2.29. The van der Waals surface area contributed by atoms with Crippen molar-refractivity contribution in [3.8, 4) is 0 Å². The van der Waals surface area contributed by atoms with Crippen molar-refractivity contribution >= 4 is 40.5 Å². The van der Waals surface area contributed by atoms with Gasteiger partial charge in [0, 0.05) is 17.4 Å². The Hall–Kier alpha value is -3.46. The van der Waals surface area contributed by atoms with Crippen LogP contribution in [0.4, 0.5) is 5.69 Å². The molecule has 0 unspecified atom stereocenters. The number of carbonyl (C=O) groups is 3. The Morgan fingerprint density at radius 1 is 0.969 bits per heavy atom. The van der Waals surface area contributed by atoms with Gasteiger partial charge < -0.3 is 16.4 Å². The Morgan fingerprint density at radius 3 is 2.16 bits per heavy atom. The van der Waals surface area contributed by atoms with E-state index in [0.29, 0.717) is 15.4 Å². The number of hydrazone groups is 1. The lowest BCUT2D eigenvalue weighted by atomic mass is 10.1. The van der Waals surface area contributed by atoms with Crippen LogP contribution in [0, 0.1) is 13.8 Å². The SMILES string of the molecule is CC(=NNC(=O)c1ccc(C(=O)NC(C)C)s1)C(C(=O)Nc1ccc(C)c(C)c1)=C(C)N. The van der Waals surface area contributed by atoms with Gasteiger partial charge in [-0.2, -0.15) is 5.10 Å². The van der Waals surface area contributed by atoms with Gasteiger partial charge in [0.05, 0.1) is 21.0 Å². The third kappa shape index (κ3) is 6.52. The van der Waals surface area contributed by atoms with Gasteiger partial charge in [-0.25, -0.2) is 5.43 Å². The van der Waals surface area contributed by atoms with E-state index >= 15 is 0 Å². The number of amides is 3. The highest BCUT2D eigenvalue weighted by molar-refractivity contribution is 7.15. The first-order chi connectivity index (χ1) is 15.0. The van der Waals surface area contributed by atoms with Gasteiger partial charge in [0.25, 0.3) is 17.7 Å². The molecule has 1 heterocycles. The minimum Gasteiger partial charge on any atom is -0.402 e. The number of benzene rings is 1. The maximum Gasteiger partial charge on any atom is 0.281 e. The zero-order valence-electron chi connectivity index (χ0n) is 19.1. The molecule has 8 nitrogen and oxygen atoms in total. The molecule has 9 heteroatoms. The summed E-state index contributed by atoms with van der Waals surface area (Å²) >= 11 is 1.06. The summed E-state index contributed by atoms with van der Waals surface area (Å²) in [5.74, 6) is -1.15. The normalized spacial score (nSPS) is 12.3. The Morgan fingerprint density at radius 2 is 1.59 bits per heavy atom. The van der Waals surface area contributed by atoms with Crippen molar-refractivity contribution in [1.29, 1.82) is 0 Å². The van der Waals surface area contributed by atoms with E-state index in [4.69, 9.17) is 5.73 Å². The van der Waals surface area contributed by atoms with Crippen LogP contribution >= 0.6 is 11.3 Å². The average Bonchev–Trinajstić information content (AvgIpc) is 3.19. The van der Waals surface area contributed by atoms with Gasteiger partial charge in [-0.3, -0.25) is 14.4 Å². The first-order valence-electron chi connectivity index (χ1n) is 10.1. The largest absolute Gasteiger partial charge is 0.402 e. The smallest absolute Gasteiger partial charge is 0.281 e. The van der Waals surface area contributed by atoms with E-state index in [1.165, 1.54) is 0 Å². The van der Waals surface area contributed by atoms with Crippen LogP contribution in [0.5, 0.6) is 0 Å². The molecule has 2 rings (SSSR count). The number of hydrogen-bond acceptors (Lipinski definition) is 6. The number of carbonyl (C=O) groups excluding carboxylic acids is 3. The number of nitrogens with two attached hydrogens (primary N) is 1. The maximum absolute atomic E-state index is 12.8. The predicted molar refractivity (Wildman–Crippen MR) is 129 cm³/mol. The summed E-state index contributed by atoms with van der Waals surface area (Å²) in [6, 6.07) is 8.73. The van der Waals surface area contributed by atoms with Gasteiger partial charge >= 0.3 is 0 Å². The van der Waals surface area contributed by atoms with Gasteiger partial charge in [0.1, 0.15) is 0 Å².